The van der Waals surface area contributed by atoms with Crippen LogP contribution in [0, 0.1) is 17.5 Å². The first-order valence-electron chi connectivity index (χ1n) is 16.2. The summed E-state index contributed by atoms with van der Waals surface area (Å²) in [6, 6.07) is 15.7. The van der Waals surface area contributed by atoms with E-state index in [1.807, 2.05) is 24.3 Å². The van der Waals surface area contributed by atoms with Gasteiger partial charge >= 0.3 is 0 Å². The molecule has 1 nitrogen and oxygen atoms in total. The van der Waals surface area contributed by atoms with Crippen LogP contribution >= 0.6 is 0 Å². The molecular formula is C38H47F3O. The minimum atomic E-state index is -0.848. The Hall–Kier alpha value is -2.85. The van der Waals surface area contributed by atoms with Crippen molar-refractivity contribution in [3.8, 4) is 22.3 Å². The van der Waals surface area contributed by atoms with Crippen LogP contribution in [0.5, 0.6) is 0 Å². The van der Waals surface area contributed by atoms with E-state index in [2.05, 4.69) is 13.8 Å². The zero-order valence-corrected chi connectivity index (χ0v) is 25.4. The van der Waals surface area contributed by atoms with Gasteiger partial charge in [0.1, 0.15) is 5.82 Å². The van der Waals surface area contributed by atoms with Crippen LogP contribution in [0.25, 0.3) is 22.3 Å². The molecule has 0 spiro atoms. The van der Waals surface area contributed by atoms with Gasteiger partial charge in [-0.3, -0.25) is 0 Å². The standard InChI is InChI=1S/C38H47F3O/c1-3-5-7-9-10-11-13-15-33-23-20-32(27-42-33)31-22-24-34(36(39)26-31)28-16-18-29(19-17-28)35-25-21-30(37(40)38(35)41)14-12-8-6-4-2/h8,12,16-19,21-22,24-26,32-33H,3-7,9-11,13-15,20,23,27H2,1-2H3/b12-8-. The Kier molecular flexibility index (Phi) is 12.8. The van der Waals surface area contributed by atoms with Crippen LogP contribution in [0.3, 0.4) is 0 Å². The zero-order chi connectivity index (χ0) is 29.7. The molecule has 4 rings (SSSR count). The molecule has 1 saturated heterocycles. The van der Waals surface area contributed by atoms with Crippen molar-refractivity contribution in [1.29, 1.82) is 0 Å². The lowest BCUT2D eigenvalue weighted by molar-refractivity contribution is -0.00217. The van der Waals surface area contributed by atoms with E-state index in [9.17, 15) is 8.78 Å². The van der Waals surface area contributed by atoms with Gasteiger partial charge in [0.05, 0.1) is 12.7 Å². The normalized spacial score (nSPS) is 17.3. The molecule has 0 radical (unpaired) electrons. The number of unbranched alkanes of at least 4 members (excludes halogenated alkanes) is 7. The molecule has 0 N–H and O–H groups in total. The van der Waals surface area contributed by atoms with Gasteiger partial charge in [-0.05, 0) is 60.4 Å². The van der Waals surface area contributed by atoms with Crippen LogP contribution < -0.4 is 0 Å². The number of hydrogen-bond donors (Lipinski definition) is 0. The Balaban J connectivity index is 1.32. The van der Waals surface area contributed by atoms with Gasteiger partial charge in [-0.2, -0.15) is 0 Å². The second kappa shape index (κ2) is 16.7. The van der Waals surface area contributed by atoms with Gasteiger partial charge in [0.15, 0.2) is 11.6 Å². The molecule has 0 saturated carbocycles. The van der Waals surface area contributed by atoms with Gasteiger partial charge in [-0.15, -0.1) is 0 Å². The van der Waals surface area contributed by atoms with Gasteiger partial charge in [-0.25, -0.2) is 13.2 Å². The SMILES string of the molecule is CCC/C=C\Cc1ccc(-c2ccc(-c3ccc(C4CCC(CCCCCCCCC)OC4)cc3F)cc2)c(F)c1F. The van der Waals surface area contributed by atoms with Gasteiger partial charge in [-0.1, -0.05) is 126 Å². The van der Waals surface area contributed by atoms with E-state index >= 15 is 4.39 Å². The van der Waals surface area contributed by atoms with E-state index in [4.69, 9.17) is 4.74 Å². The lowest BCUT2D eigenvalue weighted by Gasteiger charge is -2.29. The summed E-state index contributed by atoms with van der Waals surface area (Å²) < 4.78 is 51.1. The van der Waals surface area contributed by atoms with E-state index in [1.54, 1.807) is 42.5 Å². The molecular weight excluding hydrogens is 529 g/mol. The summed E-state index contributed by atoms with van der Waals surface area (Å²) in [5.41, 5.74) is 3.29. The Bertz CT molecular complexity index is 1270. The Morgan fingerprint density at radius 3 is 2.07 bits per heavy atom. The molecule has 1 fully saturated rings. The minimum Gasteiger partial charge on any atom is -0.378 e. The Morgan fingerprint density at radius 1 is 0.714 bits per heavy atom. The van der Waals surface area contributed by atoms with E-state index in [-0.39, 0.29) is 17.3 Å². The van der Waals surface area contributed by atoms with Crippen LogP contribution in [0.2, 0.25) is 0 Å². The highest BCUT2D eigenvalue weighted by Gasteiger charge is 2.23. The largest absolute Gasteiger partial charge is 0.378 e. The van der Waals surface area contributed by atoms with E-state index < -0.39 is 11.6 Å². The predicted molar refractivity (Wildman–Crippen MR) is 169 cm³/mol. The van der Waals surface area contributed by atoms with Gasteiger partial charge < -0.3 is 4.74 Å². The molecule has 1 aliphatic rings. The third-order valence-corrected chi connectivity index (χ3v) is 8.59. The maximum Gasteiger partial charge on any atom is 0.166 e. The van der Waals surface area contributed by atoms with E-state index in [1.165, 1.54) is 44.9 Å². The van der Waals surface area contributed by atoms with Crippen molar-refractivity contribution in [2.75, 3.05) is 6.61 Å². The molecule has 3 aromatic carbocycles. The van der Waals surface area contributed by atoms with Crippen molar-refractivity contribution in [3.05, 3.63) is 95.3 Å². The van der Waals surface area contributed by atoms with Gasteiger partial charge in [0, 0.05) is 17.0 Å². The number of allylic oxidation sites excluding steroid dienone is 2. The van der Waals surface area contributed by atoms with E-state index in [0.29, 0.717) is 41.4 Å². The molecule has 1 heterocycles. The van der Waals surface area contributed by atoms with Crippen molar-refractivity contribution in [3.63, 3.8) is 0 Å². The van der Waals surface area contributed by atoms with Crippen LogP contribution in [0.4, 0.5) is 13.2 Å². The van der Waals surface area contributed by atoms with Crippen molar-refractivity contribution < 1.29 is 17.9 Å². The van der Waals surface area contributed by atoms with Crippen molar-refractivity contribution in [2.45, 2.75) is 109 Å². The maximum atomic E-state index is 15.3. The first kappa shape index (κ1) is 32.1. The maximum absolute atomic E-state index is 15.3. The summed E-state index contributed by atoms with van der Waals surface area (Å²) in [7, 11) is 0. The summed E-state index contributed by atoms with van der Waals surface area (Å²) in [5, 5.41) is 0. The van der Waals surface area contributed by atoms with Gasteiger partial charge in [0.2, 0.25) is 0 Å². The first-order chi connectivity index (χ1) is 20.5. The van der Waals surface area contributed by atoms with Crippen molar-refractivity contribution in [2.24, 2.45) is 0 Å². The quantitative estimate of drug-likeness (QED) is 0.129. The topological polar surface area (TPSA) is 9.23 Å². The molecule has 226 valence electrons. The number of halogens is 3. The predicted octanol–water partition coefficient (Wildman–Crippen LogP) is 11.7. The van der Waals surface area contributed by atoms with Gasteiger partial charge in [0.25, 0.3) is 0 Å². The number of benzene rings is 3. The minimum absolute atomic E-state index is 0.207. The fourth-order valence-electron chi connectivity index (χ4n) is 5.94. The highest BCUT2D eigenvalue weighted by Crippen LogP contribution is 2.34. The monoisotopic (exact) mass is 576 g/mol. The molecule has 3 aromatic rings. The summed E-state index contributed by atoms with van der Waals surface area (Å²) in [5.74, 6) is -1.72. The van der Waals surface area contributed by atoms with Crippen molar-refractivity contribution >= 4 is 0 Å². The van der Waals surface area contributed by atoms with Crippen LogP contribution in [0.1, 0.15) is 108 Å². The van der Waals surface area contributed by atoms with E-state index in [0.717, 1.165) is 37.7 Å². The highest BCUT2D eigenvalue weighted by atomic mass is 19.2. The number of rotatable bonds is 15. The lowest BCUT2D eigenvalue weighted by Crippen LogP contribution is -2.24. The average molecular weight is 577 g/mol. The van der Waals surface area contributed by atoms with Crippen LogP contribution in [-0.2, 0) is 11.2 Å². The van der Waals surface area contributed by atoms with Crippen LogP contribution in [0.15, 0.2) is 66.7 Å². The summed E-state index contributed by atoms with van der Waals surface area (Å²) in [4.78, 5) is 0. The van der Waals surface area contributed by atoms with Crippen molar-refractivity contribution in [1.82, 2.24) is 0 Å². The summed E-state index contributed by atoms with van der Waals surface area (Å²) in [6.45, 7) is 4.97. The third kappa shape index (κ3) is 8.83. The second-order valence-corrected chi connectivity index (χ2v) is 11.8. The second-order valence-electron chi connectivity index (χ2n) is 11.8. The molecule has 0 amide bonds. The average Bonchev–Trinajstić information content (AvgIpc) is 3.01. The molecule has 0 aromatic heterocycles. The molecule has 2 atom stereocenters. The smallest absolute Gasteiger partial charge is 0.166 e. The molecule has 42 heavy (non-hydrogen) atoms. The summed E-state index contributed by atoms with van der Waals surface area (Å²) in [6.07, 6.45) is 18.9. The zero-order valence-electron chi connectivity index (χ0n) is 25.4. The third-order valence-electron chi connectivity index (χ3n) is 8.59. The Labute approximate surface area is 251 Å². The number of ether oxygens (including phenoxy) is 1. The molecule has 2 unspecified atom stereocenters. The molecule has 0 bridgehead atoms. The Morgan fingerprint density at radius 2 is 1.40 bits per heavy atom. The first-order valence-corrected chi connectivity index (χ1v) is 16.2. The molecule has 4 heteroatoms. The highest BCUT2D eigenvalue weighted by molar-refractivity contribution is 5.71. The fourth-order valence-corrected chi connectivity index (χ4v) is 5.94. The lowest BCUT2D eigenvalue weighted by atomic mass is 9.89. The molecule has 1 aliphatic heterocycles. The van der Waals surface area contributed by atoms with Crippen LogP contribution in [-0.4, -0.2) is 12.7 Å². The fraction of sp³-hybridized carbons (Fsp3) is 0.474. The molecule has 0 aliphatic carbocycles. The summed E-state index contributed by atoms with van der Waals surface area (Å²) >= 11 is 0. The number of hydrogen-bond acceptors (Lipinski definition) is 1.